The fourth-order valence-corrected chi connectivity index (χ4v) is 3.21. The van der Waals surface area contributed by atoms with E-state index >= 15 is 0 Å². The van der Waals surface area contributed by atoms with Gasteiger partial charge < -0.3 is 10.6 Å². The summed E-state index contributed by atoms with van der Waals surface area (Å²) < 4.78 is 0. The maximum Gasteiger partial charge on any atom is 0.0283 e. The molecule has 1 atom stereocenters. The molecule has 2 aliphatic rings. The van der Waals surface area contributed by atoms with E-state index in [-0.39, 0.29) is 5.54 Å². The van der Waals surface area contributed by atoms with Crippen molar-refractivity contribution in [2.45, 2.75) is 37.1 Å². The molecule has 1 heterocycles. The second-order valence-corrected chi connectivity index (χ2v) is 5.85. The van der Waals surface area contributed by atoms with Gasteiger partial charge in [-0.3, -0.25) is 0 Å². The van der Waals surface area contributed by atoms with Gasteiger partial charge in [-0.25, -0.2) is 0 Å². The van der Waals surface area contributed by atoms with Gasteiger partial charge in [0.2, 0.25) is 0 Å². The zero-order valence-electron chi connectivity index (χ0n) is 10.4. The van der Waals surface area contributed by atoms with Gasteiger partial charge in [-0.2, -0.15) is 0 Å². The molecule has 1 saturated heterocycles. The van der Waals surface area contributed by atoms with Crippen LogP contribution in [-0.4, -0.2) is 30.1 Å². The van der Waals surface area contributed by atoms with Crippen LogP contribution in [0.1, 0.15) is 37.2 Å². The predicted molar refractivity (Wildman–Crippen MR) is 71.0 cm³/mol. The summed E-state index contributed by atoms with van der Waals surface area (Å²) in [5.41, 5.74) is 7.96. The third-order valence-electron chi connectivity index (χ3n) is 4.43. The lowest BCUT2D eigenvalue weighted by atomic mass is 9.77. The molecule has 1 saturated carbocycles. The van der Waals surface area contributed by atoms with Gasteiger partial charge in [-0.15, -0.1) is 0 Å². The van der Waals surface area contributed by atoms with Gasteiger partial charge in [0.15, 0.2) is 0 Å². The largest absolute Gasteiger partial charge is 0.324 e. The van der Waals surface area contributed by atoms with Crippen molar-refractivity contribution >= 4 is 0 Å². The first-order valence-electron chi connectivity index (χ1n) is 6.81. The van der Waals surface area contributed by atoms with Crippen molar-refractivity contribution in [3.63, 3.8) is 0 Å². The monoisotopic (exact) mass is 230 g/mol. The molecule has 1 aliphatic carbocycles. The molecule has 2 nitrogen and oxygen atoms in total. The molecule has 1 aromatic rings. The maximum atomic E-state index is 6.33. The zero-order valence-corrected chi connectivity index (χ0v) is 10.4. The average molecular weight is 230 g/mol. The van der Waals surface area contributed by atoms with Crippen LogP contribution in [0.3, 0.4) is 0 Å². The number of likely N-dealkylation sites (tertiary alicyclic amines) is 1. The Morgan fingerprint density at radius 1 is 1.24 bits per heavy atom. The van der Waals surface area contributed by atoms with E-state index in [0.29, 0.717) is 0 Å². The topological polar surface area (TPSA) is 29.3 Å². The van der Waals surface area contributed by atoms with Crippen LogP contribution in [0, 0.1) is 0 Å². The van der Waals surface area contributed by atoms with E-state index in [4.69, 9.17) is 5.73 Å². The molecule has 3 rings (SSSR count). The minimum absolute atomic E-state index is 0.144. The summed E-state index contributed by atoms with van der Waals surface area (Å²) >= 11 is 0. The Kier molecular flexibility index (Phi) is 2.93. The van der Waals surface area contributed by atoms with Gasteiger partial charge in [-0.1, -0.05) is 30.3 Å². The van der Waals surface area contributed by atoms with Crippen molar-refractivity contribution in [2.24, 2.45) is 5.73 Å². The van der Waals surface area contributed by atoms with Crippen LogP contribution in [0.25, 0.3) is 0 Å². The number of hydrogen-bond acceptors (Lipinski definition) is 2. The van der Waals surface area contributed by atoms with Crippen molar-refractivity contribution in [3.8, 4) is 0 Å². The van der Waals surface area contributed by atoms with E-state index in [2.05, 4.69) is 35.2 Å². The minimum Gasteiger partial charge on any atom is -0.324 e. The standard InChI is InChI=1S/C15H22N2/c16-15(8-4-9-15)12-17-10-7-14(11-17)13-5-2-1-3-6-13/h1-3,5-6,14H,4,7-12,16H2. The summed E-state index contributed by atoms with van der Waals surface area (Å²) in [6.07, 6.45) is 5.06. The van der Waals surface area contributed by atoms with E-state index < -0.39 is 0 Å². The minimum atomic E-state index is 0.144. The lowest BCUT2D eigenvalue weighted by molar-refractivity contribution is 0.164. The number of hydrogen-bond donors (Lipinski definition) is 1. The van der Waals surface area contributed by atoms with E-state index in [9.17, 15) is 0 Å². The van der Waals surface area contributed by atoms with Crippen LogP contribution in [0.5, 0.6) is 0 Å². The molecule has 2 N–H and O–H groups in total. The van der Waals surface area contributed by atoms with Gasteiger partial charge in [0.1, 0.15) is 0 Å². The molecule has 1 unspecified atom stereocenters. The second kappa shape index (κ2) is 4.43. The molecular weight excluding hydrogens is 208 g/mol. The smallest absolute Gasteiger partial charge is 0.0283 e. The van der Waals surface area contributed by atoms with E-state index in [0.717, 1.165) is 12.5 Å². The average Bonchev–Trinajstić information content (AvgIpc) is 2.77. The second-order valence-electron chi connectivity index (χ2n) is 5.85. The number of benzene rings is 1. The van der Waals surface area contributed by atoms with E-state index in [1.807, 2.05) is 0 Å². The van der Waals surface area contributed by atoms with Crippen LogP contribution in [0.4, 0.5) is 0 Å². The number of nitrogens with two attached hydrogens (primary N) is 1. The van der Waals surface area contributed by atoms with Crippen LogP contribution in [0.15, 0.2) is 30.3 Å². The Morgan fingerprint density at radius 2 is 2.00 bits per heavy atom. The molecule has 1 aliphatic heterocycles. The number of nitrogens with zero attached hydrogens (tertiary/aromatic N) is 1. The fourth-order valence-electron chi connectivity index (χ4n) is 3.21. The summed E-state index contributed by atoms with van der Waals surface area (Å²) in [7, 11) is 0. The zero-order chi connectivity index (χ0) is 11.7. The van der Waals surface area contributed by atoms with Gasteiger partial charge in [0, 0.05) is 18.6 Å². The van der Waals surface area contributed by atoms with Crippen LogP contribution in [0.2, 0.25) is 0 Å². The molecule has 92 valence electrons. The summed E-state index contributed by atoms with van der Waals surface area (Å²) in [6, 6.07) is 10.9. The molecule has 0 bridgehead atoms. The third kappa shape index (κ3) is 2.38. The Bertz CT molecular complexity index is 370. The Balaban J connectivity index is 1.58. The van der Waals surface area contributed by atoms with Gasteiger partial charge in [0.25, 0.3) is 0 Å². The van der Waals surface area contributed by atoms with E-state index in [1.54, 1.807) is 0 Å². The molecule has 0 radical (unpaired) electrons. The summed E-state index contributed by atoms with van der Waals surface area (Å²) in [5.74, 6) is 0.722. The van der Waals surface area contributed by atoms with Crippen molar-refractivity contribution in [2.75, 3.05) is 19.6 Å². The first-order valence-corrected chi connectivity index (χ1v) is 6.81. The van der Waals surface area contributed by atoms with Crippen LogP contribution < -0.4 is 5.73 Å². The highest BCUT2D eigenvalue weighted by molar-refractivity contribution is 5.21. The van der Waals surface area contributed by atoms with Crippen molar-refractivity contribution in [1.82, 2.24) is 4.90 Å². The third-order valence-corrected chi connectivity index (χ3v) is 4.43. The SMILES string of the molecule is NC1(CN2CCC(c3ccccc3)C2)CCC1. The number of rotatable bonds is 3. The first kappa shape index (κ1) is 11.2. The predicted octanol–water partition coefficient (Wildman–Crippen LogP) is 2.36. The van der Waals surface area contributed by atoms with Crippen molar-refractivity contribution in [1.29, 1.82) is 0 Å². The van der Waals surface area contributed by atoms with Crippen LogP contribution in [-0.2, 0) is 0 Å². The highest BCUT2D eigenvalue weighted by Crippen LogP contribution is 2.33. The van der Waals surface area contributed by atoms with Gasteiger partial charge in [-0.05, 0) is 43.7 Å². The molecule has 1 aromatic carbocycles. The molecule has 2 fully saturated rings. The molecule has 0 aromatic heterocycles. The first-order chi connectivity index (χ1) is 8.25. The molecule has 0 amide bonds. The summed E-state index contributed by atoms with van der Waals surface area (Å²) in [6.45, 7) is 3.53. The molecule has 0 spiro atoms. The Labute approximate surface area is 104 Å². The summed E-state index contributed by atoms with van der Waals surface area (Å²) in [4.78, 5) is 2.57. The van der Waals surface area contributed by atoms with E-state index in [1.165, 1.54) is 44.3 Å². The highest BCUT2D eigenvalue weighted by Gasteiger charge is 2.36. The Morgan fingerprint density at radius 3 is 2.65 bits per heavy atom. The quantitative estimate of drug-likeness (QED) is 0.863. The Hall–Kier alpha value is -0.860. The van der Waals surface area contributed by atoms with Crippen molar-refractivity contribution in [3.05, 3.63) is 35.9 Å². The molecular formula is C15H22N2. The van der Waals surface area contributed by atoms with Crippen molar-refractivity contribution < 1.29 is 0 Å². The fraction of sp³-hybridized carbons (Fsp3) is 0.600. The molecule has 2 heteroatoms. The summed E-state index contributed by atoms with van der Waals surface area (Å²) in [5, 5.41) is 0. The lowest BCUT2D eigenvalue weighted by Gasteiger charge is -2.41. The van der Waals surface area contributed by atoms with Gasteiger partial charge in [0.05, 0.1) is 0 Å². The lowest BCUT2D eigenvalue weighted by Crippen LogP contribution is -2.54. The van der Waals surface area contributed by atoms with Gasteiger partial charge >= 0.3 is 0 Å². The highest BCUT2D eigenvalue weighted by atomic mass is 15.2. The maximum absolute atomic E-state index is 6.33. The normalized spacial score (nSPS) is 27.9. The van der Waals surface area contributed by atoms with Crippen LogP contribution >= 0.6 is 0 Å². The molecule has 17 heavy (non-hydrogen) atoms.